The lowest BCUT2D eigenvalue weighted by molar-refractivity contribution is -0.129. The van der Waals surface area contributed by atoms with E-state index in [2.05, 4.69) is 15.5 Å². The lowest BCUT2D eigenvalue weighted by Crippen LogP contribution is -2.56. The fourth-order valence-electron chi connectivity index (χ4n) is 4.88. The van der Waals surface area contributed by atoms with Crippen LogP contribution in [0.5, 0.6) is 5.75 Å². The second kappa shape index (κ2) is 12.8. The summed E-state index contributed by atoms with van der Waals surface area (Å²) in [6.45, 7) is 8.56. The molecule has 1 aromatic carbocycles. The van der Waals surface area contributed by atoms with Gasteiger partial charge in [0.2, 0.25) is 5.91 Å². The highest BCUT2D eigenvalue weighted by Gasteiger charge is 2.35. The van der Waals surface area contributed by atoms with Crippen molar-refractivity contribution in [2.75, 3.05) is 7.11 Å². The lowest BCUT2D eigenvalue weighted by atomic mass is 9.91. The molecule has 1 fully saturated rings. The zero-order chi connectivity index (χ0) is 31.6. The number of halogens is 1. The molecule has 1 aliphatic carbocycles. The minimum Gasteiger partial charge on any atom is -0.496 e. The number of thiophene rings is 1. The first kappa shape index (κ1) is 32.0. The number of nitrogens with one attached hydrogen (secondary N) is 1. The van der Waals surface area contributed by atoms with Crippen molar-refractivity contribution in [2.24, 2.45) is 5.73 Å². The van der Waals surface area contributed by atoms with E-state index in [1.807, 2.05) is 0 Å². The number of aliphatic hydroxyl groups is 1. The fraction of sp³-hybridized carbons (Fsp3) is 0.483. The smallest absolute Gasteiger partial charge is 0.333 e. The second-order valence-corrected chi connectivity index (χ2v) is 12.4. The molecule has 0 bridgehead atoms. The Balaban J connectivity index is 0.000000628. The van der Waals surface area contributed by atoms with Gasteiger partial charge in [0.1, 0.15) is 26.9 Å². The SMILES string of the molecule is COc1ccc(F)cc1CCn1c(=O)n(C(C)(C)C(=O)NC(C)C)c(=O)c2c(C)c(-n3nccn3)sc21.NC1CC(O)C1. The van der Waals surface area contributed by atoms with Gasteiger partial charge in [-0.3, -0.25) is 14.2 Å². The maximum absolute atomic E-state index is 14.0. The number of rotatable bonds is 8. The summed E-state index contributed by atoms with van der Waals surface area (Å²) in [6.07, 6.45) is 4.81. The fourth-order valence-corrected chi connectivity index (χ4v) is 6.12. The highest BCUT2D eigenvalue weighted by atomic mass is 32.1. The lowest BCUT2D eigenvalue weighted by Gasteiger charge is -2.27. The van der Waals surface area contributed by atoms with Gasteiger partial charge < -0.3 is 20.9 Å². The average molecular weight is 616 g/mol. The summed E-state index contributed by atoms with van der Waals surface area (Å²) in [4.78, 5) is 42.6. The van der Waals surface area contributed by atoms with E-state index in [-0.39, 0.29) is 25.1 Å². The van der Waals surface area contributed by atoms with Crippen LogP contribution in [-0.4, -0.2) is 60.4 Å². The van der Waals surface area contributed by atoms with Gasteiger partial charge in [-0.2, -0.15) is 10.2 Å². The van der Waals surface area contributed by atoms with Crippen LogP contribution in [0, 0.1) is 12.7 Å². The third-order valence-electron chi connectivity index (χ3n) is 7.32. The van der Waals surface area contributed by atoms with Crippen LogP contribution in [0.1, 0.15) is 51.7 Å². The van der Waals surface area contributed by atoms with Crippen molar-refractivity contribution in [3.63, 3.8) is 0 Å². The molecule has 0 radical (unpaired) electrons. The number of methoxy groups -OCH3 is 1. The Hall–Kier alpha value is -3.88. The Morgan fingerprint density at radius 1 is 1.26 bits per heavy atom. The molecule has 232 valence electrons. The van der Waals surface area contributed by atoms with E-state index in [4.69, 9.17) is 15.6 Å². The summed E-state index contributed by atoms with van der Waals surface area (Å²) in [6, 6.07) is 4.29. The number of hydrogen-bond acceptors (Lipinski definition) is 9. The Morgan fingerprint density at radius 3 is 2.44 bits per heavy atom. The molecule has 3 aromatic heterocycles. The molecule has 1 saturated carbocycles. The van der Waals surface area contributed by atoms with Crippen molar-refractivity contribution >= 4 is 27.5 Å². The molecule has 4 N–H and O–H groups in total. The van der Waals surface area contributed by atoms with Crippen molar-refractivity contribution in [1.82, 2.24) is 29.4 Å². The predicted molar refractivity (Wildman–Crippen MR) is 162 cm³/mol. The standard InChI is InChI=1S/C25H29FN6O4S.C4H9NO/c1-14(2)29-23(34)25(4,5)31-20(33)19-15(3)21(32-27-10-11-28-32)37-22(19)30(24(31)35)12-9-16-13-17(26)7-8-18(16)36-6;5-3-1-4(6)2-3/h7-8,10-11,13-14H,9,12H2,1-6H3,(H,29,34);3-4,6H,1-2,5H2. The summed E-state index contributed by atoms with van der Waals surface area (Å²) in [5.74, 6) is -0.399. The maximum Gasteiger partial charge on any atom is 0.333 e. The molecule has 1 aliphatic rings. The highest BCUT2D eigenvalue weighted by molar-refractivity contribution is 7.21. The molecule has 3 heterocycles. The number of benzene rings is 1. The van der Waals surface area contributed by atoms with Crippen LogP contribution >= 0.6 is 11.3 Å². The van der Waals surface area contributed by atoms with Gasteiger partial charge in [-0.1, -0.05) is 11.3 Å². The summed E-state index contributed by atoms with van der Waals surface area (Å²) >= 11 is 1.20. The van der Waals surface area contributed by atoms with Gasteiger partial charge in [-0.15, -0.1) is 4.80 Å². The van der Waals surface area contributed by atoms with Crippen LogP contribution in [0.4, 0.5) is 4.39 Å². The van der Waals surface area contributed by atoms with Crippen LogP contribution in [-0.2, 0) is 23.3 Å². The molecule has 0 aliphatic heterocycles. The molecule has 43 heavy (non-hydrogen) atoms. The van der Waals surface area contributed by atoms with Crippen molar-refractivity contribution in [3.8, 4) is 10.8 Å². The van der Waals surface area contributed by atoms with Crippen molar-refractivity contribution in [3.05, 3.63) is 68.4 Å². The number of ether oxygens (including phenoxy) is 1. The molecule has 14 heteroatoms. The highest BCUT2D eigenvalue weighted by Crippen LogP contribution is 2.31. The number of carbonyl (C=O) groups is 1. The van der Waals surface area contributed by atoms with E-state index in [0.29, 0.717) is 38.1 Å². The van der Waals surface area contributed by atoms with Crippen LogP contribution in [0.3, 0.4) is 0 Å². The van der Waals surface area contributed by atoms with E-state index >= 15 is 0 Å². The first-order valence-corrected chi connectivity index (χ1v) is 14.8. The molecule has 0 saturated heterocycles. The zero-order valence-electron chi connectivity index (χ0n) is 25.1. The van der Waals surface area contributed by atoms with Gasteiger partial charge in [0.15, 0.2) is 0 Å². The van der Waals surface area contributed by atoms with Crippen LogP contribution in [0.25, 0.3) is 15.2 Å². The quantitative estimate of drug-likeness (QED) is 0.272. The number of carbonyl (C=O) groups excluding carboxylic acids is 1. The zero-order valence-corrected chi connectivity index (χ0v) is 25.9. The summed E-state index contributed by atoms with van der Waals surface area (Å²) < 4.78 is 21.8. The monoisotopic (exact) mass is 615 g/mol. The minimum absolute atomic E-state index is 0.0833. The largest absolute Gasteiger partial charge is 0.496 e. The summed E-state index contributed by atoms with van der Waals surface area (Å²) in [7, 11) is 1.49. The number of fused-ring (bicyclic) bond motifs is 1. The Labute approximate surface area is 251 Å². The number of hydrogen-bond donors (Lipinski definition) is 3. The van der Waals surface area contributed by atoms with E-state index in [9.17, 15) is 18.8 Å². The van der Waals surface area contributed by atoms with Crippen molar-refractivity contribution in [1.29, 1.82) is 0 Å². The molecule has 4 aromatic rings. The Morgan fingerprint density at radius 2 is 1.91 bits per heavy atom. The van der Waals surface area contributed by atoms with E-state index in [0.717, 1.165) is 17.4 Å². The molecule has 0 spiro atoms. The molecular formula is C29H38FN7O5S. The van der Waals surface area contributed by atoms with Gasteiger partial charge in [0.05, 0.1) is 31.0 Å². The van der Waals surface area contributed by atoms with Gasteiger partial charge in [0, 0.05) is 24.2 Å². The third kappa shape index (κ3) is 6.55. The van der Waals surface area contributed by atoms with E-state index < -0.39 is 28.5 Å². The molecule has 12 nitrogen and oxygen atoms in total. The van der Waals surface area contributed by atoms with Gasteiger partial charge >= 0.3 is 5.69 Å². The van der Waals surface area contributed by atoms with Gasteiger partial charge in [0.25, 0.3) is 5.56 Å². The normalized spacial score (nSPS) is 16.5. The third-order valence-corrected chi connectivity index (χ3v) is 8.60. The summed E-state index contributed by atoms with van der Waals surface area (Å²) in [5, 5.41) is 20.6. The number of amides is 1. The van der Waals surface area contributed by atoms with Gasteiger partial charge in [-0.25, -0.2) is 13.8 Å². The Kier molecular flexibility index (Phi) is 9.52. The van der Waals surface area contributed by atoms with E-state index in [1.54, 1.807) is 20.8 Å². The first-order valence-electron chi connectivity index (χ1n) is 14.0. The summed E-state index contributed by atoms with van der Waals surface area (Å²) in [5.41, 5.74) is 3.77. The van der Waals surface area contributed by atoms with Gasteiger partial charge in [-0.05, 0) is 77.6 Å². The second-order valence-electron chi connectivity index (χ2n) is 11.4. The maximum atomic E-state index is 14.0. The first-order chi connectivity index (χ1) is 20.3. The molecule has 1 amide bonds. The van der Waals surface area contributed by atoms with E-state index in [1.165, 1.54) is 72.3 Å². The predicted octanol–water partition coefficient (Wildman–Crippen LogP) is 2.23. The average Bonchev–Trinajstić information content (AvgIpc) is 3.56. The number of nitrogens with zero attached hydrogens (tertiary/aromatic N) is 5. The van der Waals surface area contributed by atoms with Crippen molar-refractivity contribution in [2.45, 2.75) is 84.2 Å². The van der Waals surface area contributed by atoms with Crippen LogP contribution in [0.15, 0.2) is 40.2 Å². The number of aryl methyl sites for hydroxylation is 3. The Bertz CT molecular complexity index is 1710. The molecule has 5 rings (SSSR count). The minimum atomic E-state index is -1.48. The van der Waals surface area contributed by atoms with Crippen LogP contribution in [0.2, 0.25) is 0 Å². The molecule has 0 atom stereocenters. The van der Waals surface area contributed by atoms with Crippen molar-refractivity contribution < 1.29 is 19.0 Å². The number of aromatic nitrogens is 5. The molecular weight excluding hydrogens is 577 g/mol. The topological polar surface area (TPSA) is 159 Å². The van der Waals surface area contributed by atoms with Crippen LogP contribution < -0.4 is 27.0 Å². The molecule has 0 unspecified atom stereocenters. The number of aliphatic hydroxyl groups excluding tert-OH is 1. The number of nitrogens with two attached hydrogens (primary N) is 1.